The lowest BCUT2D eigenvalue weighted by atomic mass is 9.74. The maximum atomic E-state index is 12.4. The molecule has 1 N–H and O–H groups in total. The van der Waals surface area contributed by atoms with Crippen molar-refractivity contribution in [3.05, 3.63) is 42.0 Å². The van der Waals surface area contributed by atoms with E-state index in [2.05, 4.69) is 30.7 Å². The summed E-state index contributed by atoms with van der Waals surface area (Å²) < 4.78 is 18.7. The smallest absolute Gasteiger partial charge is 0.341 e. The fourth-order valence-electron chi connectivity index (χ4n) is 5.45. The van der Waals surface area contributed by atoms with E-state index in [0.717, 1.165) is 34.8 Å². The number of benzene rings is 2. The van der Waals surface area contributed by atoms with Gasteiger partial charge in [-0.2, -0.15) is 0 Å². The van der Waals surface area contributed by atoms with Crippen LogP contribution >= 0.6 is 0 Å². The molecule has 1 aliphatic carbocycles. The molecule has 2 aromatic carbocycles. The summed E-state index contributed by atoms with van der Waals surface area (Å²) in [5.41, 5.74) is 2.98. The van der Waals surface area contributed by atoms with E-state index < -0.39 is 5.97 Å². The van der Waals surface area contributed by atoms with Gasteiger partial charge in [0.1, 0.15) is 17.1 Å². The zero-order valence-electron chi connectivity index (χ0n) is 22.5. The molecule has 1 saturated carbocycles. The van der Waals surface area contributed by atoms with Crippen molar-refractivity contribution in [2.24, 2.45) is 17.8 Å². The summed E-state index contributed by atoms with van der Waals surface area (Å²) >= 11 is 0. The number of esters is 1. The Hall–Kier alpha value is -3.22. The highest BCUT2D eigenvalue weighted by atomic mass is 16.5. The van der Waals surface area contributed by atoms with Gasteiger partial charge in [-0.25, -0.2) is 9.78 Å². The first-order chi connectivity index (χ1) is 17.2. The number of aromatic nitrogens is 2. The molecule has 1 aliphatic rings. The third kappa shape index (κ3) is 5.30. The second kappa shape index (κ2) is 10.8. The Labute approximate surface area is 214 Å². The molecule has 3 atom stereocenters. The first-order valence-electron chi connectivity index (χ1n) is 12.9. The normalized spacial score (nSPS) is 20.1. The van der Waals surface area contributed by atoms with E-state index in [1.807, 2.05) is 44.2 Å². The standard InChI is InChI=1S/C29H39N3O4/c1-17(2)22-13-8-19(5)14-25(22)32-26-16-27(34-6)23(28(33)35-7)15-24(26)31-29(32)30-20-9-11-21(12-10-20)36-18(3)4/h9-12,15-19,22,25H,8,13-14H2,1-7H3,(H,30,31)/t19-,22+,25-/m1/s1. The summed E-state index contributed by atoms with van der Waals surface area (Å²) in [5, 5.41) is 3.55. The van der Waals surface area contributed by atoms with Crippen LogP contribution in [0.3, 0.4) is 0 Å². The highest BCUT2D eigenvalue weighted by Gasteiger charge is 2.35. The summed E-state index contributed by atoms with van der Waals surface area (Å²) in [5.74, 6) is 3.32. The van der Waals surface area contributed by atoms with Gasteiger partial charge in [0, 0.05) is 17.8 Å². The van der Waals surface area contributed by atoms with Crippen LogP contribution in [0.1, 0.15) is 70.3 Å². The largest absolute Gasteiger partial charge is 0.496 e. The van der Waals surface area contributed by atoms with Gasteiger partial charge in [-0.15, -0.1) is 0 Å². The summed E-state index contributed by atoms with van der Waals surface area (Å²) in [6, 6.07) is 11.9. The molecule has 0 aliphatic heterocycles. The minimum atomic E-state index is -0.440. The fourth-order valence-corrected chi connectivity index (χ4v) is 5.45. The molecule has 0 unspecified atom stereocenters. The van der Waals surface area contributed by atoms with Crippen molar-refractivity contribution < 1.29 is 19.0 Å². The number of fused-ring (bicyclic) bond motifs is 1. The quantitative estimate of drug-likeness (QED) is 0.341. The van der Waals surface area contributed by atoms with E-state index >= 15 is 0 Å². The van der Waals surface area contributed by atoms with E-state index in [4.69, 9.17) is 19.2 Å². The van der Waals surface area contributed by atoms with Gasteiger partial charge in [0.2, 0.25) is 5.95 Å². The minimum Gasteiger partial charge on any atom is -0.496 e. The molecule has 4 rings (SSSR count). The predicted octanol–water partition coefficient (Wildman–Crippen LogP) is 7.00. The summed E-state index contributed by atoms with van der Waals surface area (Å²) in [6.45, 7) is 11.0. The van der Waals surface area contributed by atoms with Gasteiger partial charge < -0.3 is 24.1 Å². The lowest BCUT2D eigenvalue weighted by Gasteiger charge is -2.39. The lowest BCUT2D eigenvalue weighted by Crippen LogP contribution is -2.30. The Balaban J connectivity index is 1.84. The van der Waals surface area contributed by atoms with Crippen LogP contribution in [0.25, 0.3) is 11.0 Å². The van der Waals surface area contributed by atoms with E-state index in [-0.39, 0.29) is 12.1 Å². The predicted molar refractivity (Wildman–Crippen MR) is 143 cm³/mol. The summed E-state index contributed by atoms with van der Waals surface area (Å²) in [6.07, 6.45) is 3.61. The Kier molecular flexibility index (Phi) is 7.76. The van der Waals surface area contributed by atoms with E-state index in [0.29, 0.717) is 29.1 Å². The molecule has 0 radical (unpaired) electrons. The molecular formula is C29H39N3O4. The van der Waals surface area contributed by atoms with E-state index in [1.165, 1.54) is 20.0 Å². The Morgan fingerprint density at radius 2 is 1.81 bits per heavy atom. The van der Waals surface area contributed by atoms with Gasteiger partial charge in [-0.3, -0.25) is 0 Å². The van der Waals surface area contributed by atoms with Gasteiger partial charge >= 0.3 is 5.97 Å². The fraction of sp³-hybridized carbons (Fsp3) is 0.517. The number of carbonyl (C=O) groups is 1. The molecule has 7 nitrogen and oxygen atoms in total. The van der Waals surface area contributed by atoms with Crippen molar-refractivity contribution in [3.63, 3.8) is 0 Å². The van der Waals surface area contributed by atoms with Gasteiger partial charge in [0.15, 0.2) is 0 Å². The molecule has 7 heteroatoms. The first-order valence-corrected chi connectivity index (χ1v) is 12.9. The minimum absolute atomic E-state index is 0.119. The highest BCUT2D eigenvalue weighted by Crippen LogP contribution is 2.45. The van der Waals surface area contributed by atoms with Crippen LogP contribution < -0.4 is 14.8 Å². The topological polar surface area (TPSA) is 74.6 Å². The molecule has 1 heterocycles. The van der Waals surface area contributed by atoms with Crippen molar-refractivity contribution in [2.45, 2.75) is 66.0 Å². The molecule has 0 amide bonds. The van der Waals surface area contributed by atoms with Crippen molar-refractivity contribution in [1.82, 2.24) is 9.55 Å². The molecule has 1 fully saturated rings. The van der Waals surface area contributed by atoms with Crippen LogP contribution in [0.15, 0.2) is 36.4 Å². The molecule has 3 aromatic rings. The zero-order chi connectivity index (χ0) is 26.0. The average Bonchev–Trinajstić information content (AvgIpc) is 3.19. The number of imidazole rings is 1. The molecule has 1 aromatic heterocycles. The second-order valence-electron chi connectivity index (χ2n) is 10.5. The third-order valence-electron chi connectivity index (χ3n) is 7.22. The zero-order valence-corrected chi connectivity index (χ0v) is 22.5. The van der Waals surface area contributed by atoms with Crippen molar-refractivity contribution in [3.8, 4) is 11.5 Å². The number of nitrogens with zero attached hydrogens (tertiary/aromatic N) is 2. The van der Waals surface area contributed by atoms with Gasteiger partial charge in [-0.1, -0.05) is 27.2 Å². The third-order valence-corrected chi connectivity index (χ3v) is 7.22. The van der Waals surface area contributed by atoms with Gasteiger partial charge in [-0.05, 0) is 74.8 Å². The second-order valence-corrected chi connectivity index (χ2v) is 10.5. The number of rotatable bonds is 8. The van der Waals surface area contributed by atoms with Crippen LogP contribution in [-0.4, -0.2) is 35.8 Å². The molecule has 0 saturated heterocycles. The SMILES string of the molecule is COC(=O)c1cc2nc(Nc3ccc(OC(C)C)cc3)n([C@@H]3C[C@H](C)CC[C@H]3C(C)C)c2cc1OC. The van der Waals surface area contributed by atoms with Gasteiger partial charge in [0.05, 0.1) is 31.4 Å². The Morgan fingerprint density at radius 1 is 1.08 bits per heavy atom. The number of anilines is 2. The first kappa shape index (κ1) is 25.9. The van der Waals surface area contributed by atoms with E-state index in [1.54, 1.807) is 13.2 Å². The Bertz CT molecular complexity index is 1200. The number of hydrogen-bond donors (Lipinski definition) is 1. The highest BCUT2D eigenvalue weighted by molar-refractivity contribution is 5.97. The molecule has 0 bridgehead atoms. The lowest BCUT2D eigenvalue weighted by molar-refractivity contribution is 0.0597. The molecular weight excluding hydrogens is 454 g/mol. The van der Waals surface area contributed by atoms with Crippen LogP contribution in [0.4, 0.5) is 11.6 Å². The van der Waals surface area contributed by atoms with E-state index in [9.17, 15) is 4.79 Å². The molecule has 194 valence electrons. The Morgan fingerprint density at radius 3 is 2.42 bits per heavy atom. The average molecular weight is 494 g/mol. The van der Waals surface area contributed by atoms with Crippen LogP contribution in [0.5, 0.6) is 11.5 Å². The van der Waals surface area contributed by atoms with Gasteiger partial charge in [0.25, 0.3) is 0 Å². The van der Waals surface area contributed by atoms with Crippen molar-refractivity contribution >= 4 is 28.6 Å². The molecule has 36 heavy (non-hydrogen) atoms. The number of ether oxygens (including phenoxy) is 3. The van der Waals surface area contributed by atoms with Crippen LogP contribution in [0, 0.1) is 17.8 Å². The van der Waals surface area contributed by atoms with Crippen LogP contribution in [-0.2, 0) is 4.74 Å². The summed E-state index contributed by atoms with van der Waals surface area (Å²) in [7, 11) is 2.95. The monoisotopic (exact) mass is 493 g/mol. The van der Waals surface area contributed by atoms with Crippen LogP contribution in [0.2, 0.25) is 0 Å². The number of nitrogens with one attached hydrogen (secondary N) is 1. The maximum Gasteiger partial charge on any atom is 0.341 e. The number of hydrogen-bond acceptors (Lipinski definition) is 6. The van der Waals surface area contributed by atoms with Crippen molar-refractivity contribution in [2.75, 3.05) is 19.5 Å². The number of carbonyl (C=O) groups excluding carboxylic acids is 1. The number of methoxy groups -OCH3 is 2. The summed E-state index contributed by atoms with van der Waals surface area (Å²) in [4.78, 5) is 17.4. The van der Waals surface area contributed by atoms with Crippen molar-refractivity contribution in [1.29, 1.82) is 0 Å². The maximum absolute atomic E-state index is 12.4. The molecule has 0 spiro atoms.